The van der Waals surface area contributed by atoms with Gasteiger partial charge < -0.3 is 4.98 Å². The second-order valence-corrected chi connectivity index (χ2v) is 5.05. The highest BCUT2D eigenvalue weighted by Gasteiger charge is 2.07. The number of para-hydroxylation sites is 2. The van der Waals surface area contributed by atoms with E-state index in [9.17, 15) is 4.79 Å². The lowest BCUT2D eigenvalue weighted by Crippen LogP contribution is -1.97. The molecule has 0 fully saturated rings. The van der Waals surface area contributed by atoms with Gasteiger partial charge in [0.05, 0.1) is 22.1 Å². The van der Waals surface area contributed by atoms with Crippen LogP contribution in [-0.4, -0.2) is 9.97 Å². The monoisotopic (exact) mass is 260 g/mol. The number of aromatic nitrogens is 2. The topological polar surface area (TPSA) is 45.8 Å². The Bertz CT molecular complexity index is 1030. The smallest absolute Gasteiger partial charge is 0.179 e. The number of nitrogens with one attached hydrogen (secondary N) is 1. The molecule has 3 nitrogen and oxygen atoms in total. The minimum Gasteiger partial charge on any atom is -0.351 e. The van der Waals surface area contributed by atoms with Crippen molar-refractivity contribution in [1.29, 1.82) is 0 Å². The molecule has 0 aliphatic carbocycles. The van der Waals surface area contributed by atoms with E-state index in [1.54, 1.807) is 12.1 Å². The Kier molecular flexibility index (Phi) is 2.18. The van der Waals surface area contributed by atoms with Crippen molar-refractivity contribution in [3.05, 3.63) is 64.3 Å². The molecule has 0 atom stereocenters. The van der Waals surface area contributed by atoms with Crippen LogP contribution in [0.3, 0.4) is 0 Å². The molecule has 0 radical (unpaired) electrons. The van der Waals surface area contributed by atoms with Gasteiger partial charge in [0.25, 0.3) is 0 Å². The van der Waals surface area contributed by atoms with Crippen molar-refractivity contribution in [2.45, 2.75) is 6.92 Å². The molecule has 0 saturated carbocycles. The summed E-state index contributed by atoms with van der Waals surface area (Å²) in [5, 5.41) is 2.02. The van der Waals surface area contributed by atoms with Crippen LogP contribution in [0.15, 0.2) is 53.3 Å². The lowest BCUT2D eigenvalue weighted by atomic mass is 10.0. The Hall–Kier alpha value is -2.68. The van der Waals surface area contributed by atoms with Gasteiger partial charge in [-0.15, -0.1) is 0 Å². The summed E-state index contributed by atoms with van der Waals surface area (Å²) in [4.78, 5) is 19.7. The van der Waals surface area contributed by atoms with E-state index in [-0.39, 0.29) is 5.43 Å². The second-order valence-electron chi connectivity index (χ2n) is 5.05. The molecule has 0 saturated heterocycles. The van der Waals surface area contributed by atoms with Gasteiger partial charge in [0.1, 0.15) is 0 Å². The van der Waals surface area contributed by atoms with Crippen LogP contribution in [0.1, 0.15) is 5.56 Å². The molecule has 96 valence electrons. The molecule has 3 aromatic carbocycles. The minimum atomic E-state index is 0.0358. The van der Waals surface area contributed by atoms with Crippen molar-refractivity contribution < 1.29 is 0 Å². The molecule has 0 aliphatic heterocycles. The third-order valence-corrected chi connectivity index (χ3v) is 3.70. The first-order chi connectivity index (χ1) is 9.72. The van der Waals surface area contributed by atoms with Gasteiger partial charge in [0.2, 0.25) is 0 Å². The standard InChI is InChI=1S/C17H12N2O/c1-10-8-16-17(12-7-6-11(20)9-13(10)12)19-15-5-3-2-4-14(15)18-16/h2-9,19H,1H3. The van der Waals surface area contributed by atoms with Crippen LogP contribution in [0, 0.1) is 6.92 Å². The zero-order chi connectivity index (χ0) is 13.7. The number of benzene rings is 3. The predicted octanol–water partition coefficient (Wildman–Crippen LogP) is 3.54. The summed E-state index contributed by atoms with van der Waals surface area (Å²) < 4.78 is 0. The molecule has 4 rings (SSSR count). The van der Waals surface area contributed by atoms with Crippen molar-refractivity contribution in [1.82, 2.24) is 9.97 Å². The average molecular weight is 260 g/mol. The number of aromatic amines is 1. The number of aryl methyl sites for hydroxylation is 1. The van der Waals surface area contributed by atoms with Gasteiger partial charge in [-0.05, 0) is 54.3 Å². The Balaban J connectivity index is 2.29. The van der Waals surface area contributed by atoms with E-state index in [0.717, 1.165) is 38.4 Å². The third-order valence-electron chi connectivity index (χ3n) is 3.70. The van der Waals surface area contributed by atoms with E-state index in [1.807, 2.05) is 43.3 Å². The summed E-state index contributed by atoms with van der Waals surface area (Å²) >= 11 is 0. The Morgan fingerprint density at radius 1 is 0.950 bits per heavy atom. The molecule has 0 amide bonds. The molecule has 1 heterocycles. The zero-order valence-electron chi connectivity index (χ0n) is 11.0. The second kappa shape index (κ2) is 3.90. The summed E-state index contributed by atoms with van der Waals surface area (Å²) in [5.41, 5.74) is 4.95. The van der Waals surface area contributed by atoms with E-state index in [0.29, 0.717) is 0 Å². The zero-order valence-corrected chi connectivity index (χ0v) is 11.0. The van der Waals surface area contributed by atoms with Gasteiger partial charge in [-0.25, -0.2) is 4.98 Å². The Morgan fingerprint density at radius 2 is 1.80 bits per heavy atom. The van der Waals surface area contributed by atoms with Crippen LogP contribution in [0.2, 0.25) is 0 Å². The highest BCUT2D eigenvalue weighted by Crippen LogP contribution is 2.26. The molecule has 3 heteroatoms. The van der Waals surface area contributed by atoms with Crippen LogP contribution in [0.25, 0.3) is 32.8 Å². The van der Waals surface area contributed by atoms with Crippen molar-refractivity contribution in [3.8, 4) is 0 Å². The van der Waals surface area contributed by atoms with E-state index in [4.69, 9.17) is 4.98 Å². The molecule has 1 aromatic heterocycles. The molecule has 1 N–H and O–H groups in total. The summed E-state index contributed by atoms with van der Waals surface area (Å²) in [6, 6.07) is 15.2. The fraction of sp³-hybridized carbons (Fsp3) is 0.0588. The highest BCUT2D eigenvalue weighted by molar-refractivity contribution is 6.07. The maximum atomic E-state index is 11.6. The predicted molar refractivity (Wildman–Crippen MR) is 82.1 cm³/mol. The number of fused-ring (bicyclic) bond motifs is 4. The number of hydrogen-bond acceptors (Lipinski definition) is 2. The van der Waals surface area contributed by atoms with Gasteiger partial charge >= 0.3 is 0 Å². The van der Waals surface area contributed by atoms with E-state index < -0.39 is 0 Å². The lowest BCUT2D eigenvalue weighted by molar-refractivity contribution is 1.39. The molecule has 0 aliphatic rings. The Morgan fingerprint density at radius 3 is 2.70 bits per heavy atom. The molecule has 4 aromatic rings. The first kappa shape index (κ1) is 11.2. The molecule has 20 heavy (non-hydrogen) atoms. The van der Waals surface area contributed by atoms with Crippen LogP contribution >= 0.6 is 0 Å². The summed E-state index contributed by atoms with van der Waals surface area (Å²) in [6.45, 7) is 2.01. The quantitative estimate of drug-likeness (QED) is 0.388. The van der Waals surface area contributed by atoms with Gasteiger partial charge in [0, 0.05) is 5.39 Å². The summed E-state index contributed by atoms with van der Waals surface area (Å²) in [5.74, 6) is 0. The summed E-state index contributed by atoms with van der Waals surface area (Å²) in [7, 11) is 0. The number of nitrogens with zero attached hydrogens (tertiary/aromatic N) is 1. The van der Waals surface area contributed by atoms with Gasteiger partial charge in [-0.1, -0.05) is 12.1 Å². The first-order valence-electron chi connectivity index (χ1n) is 6.54. The van der Waals surface area contributed by atoms with E-state index in [2.05, 4.69) is 4.98 Å². The number of hydrogen-bond donors (Lipinski definition) is 1. The normalized spacial score (nSPS) is 11.4. The molecule has 0 spiro atoms. The molecular formula is C17H12N2O. The average Bonchev–Trinajstić information content (AvgIpc) is 2.46. The molecule has 0 unspecified atom stereocenters. The van der Waals surface area contributed by atoms with Crippen molar-refractivity contribution in [2.75, 3.05) is 0 Å². The molecular weight excluding hydrogens is 248 g/mol. The van der Waals surface area contributed by atoms with E-state index >= 15 is 0 Å². The van der Waals surface area contributed by atoms with Gasteiger partial charge in [-0.2, -0.15) is 0 Å². The van der Waals surface area contributed by atoms with Crippen LogP contribution in [0.5, 0.6) is 0 Å². The van der Waals surface area contributed by atoms with Crippen molar-refractivity contribution >= 4 is 32.8 Å². The third kappa shape index (κ3) is 1.53. The number of H-pyrrole nitrogens is 1. The largest absolute Gasteiger partial charge is 0.351 e. The van der Waals surface area contributed by atoms with E-state index in [1.165, 1.54) is 0 Å². The number of rotatable bonds is 0. The van der Waals surface area contributed by atoms with Crippen LogP contribution in [-0.2, 0) is 0 Å². The van der Waals surface area contributed by atoms with Crippen LogP contribution in [0.4, 0.5) is 0 Å². The fourth-order valence-corrected chi connectivity index (χ4v) is 2.72. The Labute approximate surface area is 114 Å². The maximum Gasteiger partial charge on any atom is 0.179 e. The minimum absolute atomic E-state index is 0.0358. The fourth-order valence-electron chi connectivity index (χ4n) is 2.72. The van der Waals surface area contributed by atoms with Crippen molar-refractivity contribution in [3.63, 3.8) is 0 Å². The summed E-state index contributed by atoms with van der Waals surface area (Å²) in [6.07, 6.45) is 0. The van der Waals surface area contributed by atoms with Crippen LogP contribution < -0.4 is 5.43 Å². The molecule has 0 bridgehead atoms. The highest BCUT2D eigenvalue weighted by atomic mass is 16.1. The first-order valence-corrected chi connectivity index (χ1v) is 6.54. The van der Waals surface area contributed by atoms with Gasteiger partial charge in [-0.3, -0.25) is 4.79 Å². The lowest BCUT2D eigenvalue weighted by Gasteiger charge is -2.08. The maximum absolute atomic E-state index is 11.6. The van der Waals surface area contributed by atoms with Gasteiger partial charge in [0.15, 0.2) is 5.43 Å². The SMILES string of the molecule is Cc1cc2nc3ccccc3[nH]c2c2ccc(=O)cc12. The van der Waals surface area contributed by atoms with Crippen molar-refractivity contribution in [2.24, 2.45) is 0 Å².